The molecule has 0 aliphatic rings. The Labute approximate surface area is 157 Å². The molecular formula is C18H24N8O. The molecule has 0 saturated heterocycles. The van der Waals surface area contributed by atoms with E-state index in [-0.39, 0.29) is 6.03 Å². The predicted molar refractivity (Wildman–Crippen MR) is 101 cm³/mol. The Bertz CT molecular complexity index is 915. The topological polar surface area (TPSA) is 105 Å². The first-order chi connectivity index (χ1) is 13.0. The fourth-order valence-corrected chi connectivity index (χ4v) is 2.81. The number of carbonyl (C=O) groups is 1. The Balaban J connectivity index is 1.50. The fourth-order valence-electron chi connectivity index (χ4n) is 2.81. The highest BCUT2D eigenvalue weighted by atomic mass is 16.2. The maximum absolute atomic E-state index is 12.3. The van der Waals surface area contributed by atoms with Crippen LogP contribution in [0.4, 0.5) is 4.79 Å². The van der Waals surface area contributed by atoms with Gasteiger partial charge in [0, 0.05) is 56.3 Å². The smallest absolute Gasteiger partial charge is 0.317 e. The van der Waals surface area contributed by atoms with Crippen molar-refractivity contribution in [3.63, 3.8) is 0 Å². The molecule has 3 heterocycles. The molecule has 0 aromatic carbocycles. The van der Waals surface area contributed by atoms with Crippen LogP contribution < -0.4 is 5.32 Å². The minimum atomic E-state index is -0.135. The summed E-state index contributed by atoms with van der Waals surface area (Å²) in [5.74, 6) is 1.32. The van der Waals surface area contributed by atoms with E-state index in [1.54, 1.807) is 24.3 Å². The van der Waals surface area contributed by atoms with Gasteiger partial charge in [-0.2, -0.15) is 10.2 Å². The van der Waals surface area contributed by atoms with E-state index in [1.165, 1.54) is 0 Å². The number of nitrogens with one attached hydrogen (secondary N) is 2. The summed E-state index contributed by atoms with van der Waals surface area (Å²) in [6.45, 7) is 4.95. The summed E-state index contributed by atoms with van der Waals surface area (Å²) in [5, 5.41) is 14.4. The van der Waals surface area contributed by atoms with Crippen molar-refractivity contribution in [3.8, 4) is 11.4 Å². The number of nitrogens with zero attached hydrogens (tertiary/aromatic N) is 6. The maximum atomic E-state index is 12.3. The Hall–Kier alpha value is -3.23. The number of aromatic nitrogens is 6. The highest BCUT2D eigenvalue weighted by Gasteiger charge is 2.15. The Morgan fingerprint density at radius 2 is 2.19 bits per heavy atom. The van der Waals surface area contributed by atoms with E-state index in [1.807, 2.05) is 37.7 Å². The lowest BCUT2D eigenvalue weighted by molar-refractivity contribution is 0.207. The molecule has 3 aromatic rings. The summed E-state index contributed by atoms with van der Waals surface area (Å²) in [6.07, 6.45) is 3.99. The van der Waals surface area contributed by atoms with Crippen LogP contribution >= 0.6 is 0 Å². The van der Waals surface area contributed by atoms with Crippen LogP contribution in [0.15, 0.2) is 24.5 Å². The number of aryl methyl sites for hydroxylation is 2. The third-order valence-corrected chi connectivity index (χ3v) is 4.49. The van der Waals surface area contributed by atoms with Crippen molar-refractivity contribution >= 4 is 6.03 Å². The first-order valence-corrected chi connectivity index (χ1v) is 8.75. The minimum Gasteiger partial charge on any atom is -0.338 e. The highest BCUT2D eigenvalue weighted by Crippen LogP contribution is 2.14. The van der Waals surface area contributed by atoms with E-state index in [0.717, 1.165) is 28.3 Å². The van der Waals surface area contributed by atoms with Crippen LogP contribution in [0.25, 0.3) is 11.4 Å². The highest BCUT2D eigenvalue weighted by molar-refractivity contribution is 5.73. The Kier molecular flexibility index (Phi) is 5.49. The van der Waals surface area contributed by atoms with Crippen LogP contribution in [0.2, 0.25) is 0 Å². The van der Waals surface area contributed by atoms with Gasteiger partial charge in [-0.05, 0) is 26.0 Å². The molecule has 0 spiro atoms. The van der Waals surface area contributed by atoms with Crippen molar-refractivity contribution in [3.05, 3.63) is 47.3 Å². The second-order valence-electron chi connectivity index (χ2n) is 6.46. The lowest BCUT2D eigenvalue weighted by atomic mass is 10.2. The summed E-state index contributed by atoms with van der Waals surface area (Å²) in [7, 11) is 3.68. The molecule has 0 aliphatic carbocycles. The van der Waals surface area contributed by atoms with Gasteiger partial charge in [-0.1, -0.05) is 0 Å². The minimum absolute atomic E-state index is 0.135. The summed E-state index contributed by atoms with van der Waals surface area (Å²) in [5.41, 5.74) is 3.94. The quantitative estimate of drug-likeness (QED) is 0.688. The van der Waals surface area contributed by atoms with Crippen molar-refractivity contribution in [2.24, 2.45) is 7.05 Å². The number of urea groups is 1. The monoisotopic (exact) mass is 368 g/mol. The van der Waals surface area contributed by atoms with Gasteiger partial charge in [0.25, 0.3) is 0 Å². The molecule has 0 atom stereocenters. The normalized spacial score (nSPS) is 10.8. The first kappa shape index (κ1) is 18.6. The molecule has 2 amide bonds. The zero-order chi connectivity index (χ0) is 19.4. The molecule has 3 rings (SSSR count). The molecule has 9 nitrogen and oxygen atoms in total. The van der Waals surface area contributed by atoms with Crippen LogP contribution in [-0.4, -0.2) is 54.5 Å². The summed E-state index contributed by atoms with van der Waals surface area (Å²) < 4.78 is 1.83. The van der Waals surface area contributed by atoms with Crippen LogP contribution in [0.3, 0.4) is 0 Å². The average Bonchev–Trinajstić information content (AvgIpc) is 3.23. The van der Waals surface area contributed by atoms with Crippen LogP contribution in [-0.2, 0) is 20.0 Å². The van der Waals surface area contributed by atoms with Crippen molar-refractivity contribution in [1.29, 1.82) is 0 Å². The van der Waals surface area contributed by atoms with E-state index in [2.05, 4.69) is 30.6 Å². The van der Waals surface area contributed by atoms with Crippen molar-refractivity contribution in [2.75, 3.05) is 13.6 Å². The fraction of sp³-hybridized carbons (Fsp3) is 0.389. The molecule has 0 unspecified atom stereocenters. The van der Waals surface area contributed by atoms with Gasteiger partial charge in [-0.25, -0.2) is 9.78 Å². The van der Waals surface area contributed by atoms with Crippen LogP contribution in [0.5, 0.6) is 0 Å². The molecule has 27 heavy (non-hydrogen) atoms. The maximum Gasteiger partial charge on any atom is 0.317 e. The zero-order valence-corrected chi connectivity index (χ0v) is 16.0. The number of aromatic amines is 1. The molecule has 142 valence electrons. The molecule has 3 aromatic heterocycles. The number of amides is 2. The second-order valence-corrected chi connectivity index (χ2v) is 6.46. The second kappa shape index (κ2) is 7.98. The van der Waals surface area contributed by atoms with Gasteiger partial charge in [-0.3, -0.25) is 14.8 Å². The Morgan fingerprint density at radius 1 is 1.37 bits per heavy atom. The standard InChI is InChI=1S/C18H24N8O/c1-12-15(13(2)26(4)24-12)11-25(3)18(27)20-9-7-16-21-17(23-22-16)14-6-5-8-19-10-14/h5-6,8,10H,7,9,11H2,1-4H3,(H,20,27)(H,21,22,23). The van der Waals surface area contributed by atoms with Crippen molar-refractivity contribution < 1.29 is 4.79 Å². The van der Waals surface area contributed by atoms with Crippen molar-refractivity contribution in [2.45, 2.75) is 26.8 Å². The number of hydrogen-bond donors (Lipinski definition) is 2. The van der Waals surface area contributed by atoms with Crippen LogP contribution in [0.1, 0.15) is 22.8 Å². The molecular weight excluding hydrogens is 344 g/mol. The number of carbonyl (C=O) groups excluding carboxylic acids is 1. The van der Waals surface area contributed by atoms with Crippen LogP contribution in [0, 0.1) is 13.8 Å². The number of H-pyrrole nitrogens is 1. The van der Waals surface area contributed by atoms with E-state index in [4.69, 9.17) is 0 Å². The SMILES string of the molecule is Cc1nn(C)c(C)c1CN(C)C(=O)NCCc1nc(-c2cccnc2)n[nH]1. The Morgan fingerprint density at radius 3 is 2.85 bits per heavy atom. The van der Waals surface area contributed by atoms with Crippen molar-refractivity contribution in [1.82, 2.24) is 40.2 Å². The predicted octanol–water partition coefficient (Wildman–Crippen LogP) is 1.60. The lowest BCUT2D eigenvalue weighted by Crippen LogP contribution is -2.38. The number of hydrogen-bond acceptors (Lipinski definition) is 5. The van der Waals surface area contributed by atoms with E-state index in [0.29, 0.717) is 25.3 Å². The largest absolute Gasteiger partial charge is 0.338 e. The van der Waals surface area contributed by atoms with Gasteiger partial charge < -0.3 is 10.2 Å². The van der Waals surface area contributed by atoms with Gasteiger partial charge >= 0.3 is 6.03 Å². The molecule has 0 bridgehead atoms. The van der Waals surface area contributed by atoms with E-state index in [9.17, 15) is 4.79 Å². The molecule has 9 heteroatoms. The first-order valence-electron chi connectivity index (χ1n) is 8.75. The van der Waals surface area contributed by atoms with E-state index < -0.39 is 0 Å². The van der Waals surface area contributed by atoms with Gasteiger partial charge in [0.05, 0.1) is 12.2 Å². The molecule has 0 saturated carbocycles. The summed E-state index contributed by atoms with van der Waals surface area (Å²) in [6, 6.07) is 3.61. The molecule has 0 aliphatic heterocycles. The average molecular weight is 368 g/mol. The third kappa shape index (κ3) is 4.30. The van der Waals surface area contributed by atoms with Gasteiger partial charge in [-0.15, -0.1) is 0 Å². The number of rotatable bonds is 6. The summed E-state index contributed by atoms with van der Waals surface area (Å²) in [4.78, 5) is 22.5. The van der Waals surface area contributed by atoms with E-state index >= 15 is 0 Å². The lowest BCUT2D eigenvalue weighted by Gasteiger charge is -2.18. The zero-order valence-electron chi connectivity index (χ0n) is 16.0. The summed E-state index contributed by atoms with van der Waals surface area (Å²) >= 11 is 0. The molecule has 0 radical (unpaired) electrons. The van der Waals surface area contributed by atoms with Gasteiger partial charge in [0.2, 0.25) is 0 Å². The number of pyridine rings is 1. The van der Waals surface area contributed by atoms with Gasteiger partial charge in [0.15, 0.2) is 5.82 Å². The molecule has 0 fully saturated rings. The third-order valence-electron chi connectivity index (χ3n) is 4.49. The van der Waals surface area contributed by atoms with Gasteiger partial charge in [0.1, 0.15) is 5.82 Å². The molecule has 2 N–H and O–H groups in total.